The molecule has 1 aliphatic carbocycles. The molecule has 1 aromatic carbocycles. The van der Waals surface area contributed by atoms with E-state index in [9.17, 15) is 4.79 Å². The molecule has 3 nitrogen and oxygen atoms in total. The predicted octanol–water partition coefficient (Wildman–Crippen LogP) is 3.22. The minimum absolute atomic E-state index is 0. The summed E-state index contributed by atoms with van der Waals surface area (Å²) in [6.07, 6.45) is 3.25. The third kappa shape index (κ3) is 2.67. The number of carbonyl (C=O) groups excluding carboxylic acids is 1. The summed E-state index contributed by atoms with van der Waals surface area (Å²) in [4.78, 5) is 14.9. The van der Waals surface area contributed by atoms with Crippen molar-refractivity contribution in [3.05, 3.63) is 28.3 Å². The van der Waals surface area contributed by atoms with Gasteiger partial charge in [0.1, 0.15) is 5.75 Å². The molecule has 1 atom stereocenters. The lowest BCUT2D eigenvalue weighted by Crippen LogP contribution is -2.29. The van der Waals surface area contributed by atoms with Gasteiger partial charge in [-0.2, -0.15) is 0 Å². The van der Waals surface area contributed by atoms with E-state index in [1.807, 2.05) is 6.07 Å². The number of ether oxygens (including phenoxy) is 1. The number of nitrogens with zero attached hydrogens (tertiary/aromatic N) is 1. The smallest absolute Gasteiger partial charge is 0.169 e. The van der Waals surface area contributed by atoms with E-state index in [-0.39, 0.29) is 24.1 Å². The highest BCUT2D eigenvalue weighted by atomic mass is 35.5. The van der Waals surface area contributed by atoms with Crippen LogP contribution in [0.25, 0.3) is 0 Å². The van der Waals surface area contributed by atoms with Crippen molar-refractivity contribution in [2.75, 3.05) is 26.7 Å². The molecule has 0 bridgehead atoms. The second-order valence-electron chi connectivity index (χ2n) is 5.38. The fourth-order valence-corrected chi connectivity index (χ4v) is 3.50. The Morgan fingerprint density at radius 2 is 2.05 bits per heavy atom. The highest BCUT2D eigenvalue weighted by Gasteiger charge is 2.35. The van der Waals surface area contributed by atoms with Gasteiger partial charge in [-0.1, -0.05) is 11.6 Å². The average molecular weight is 316 g/mol. The fourth-order valence-electron chi connectivity index (χ4n) is 3.23. The van der Waals surface area contributed by atoms with E-state index in [2.05, 4.69) is 4.90 Å². The summed E-state index contributed by atoms with van der Waals surface area (Å²) in [5.41, 5.74) is 1.68. The van der Waals surface area contributed by atoms with Gasteiger partial charge in [-0.15, -0.1) is 12.4 Å². The summed E-state index contributed by atoms with van der Waals surface area (Å²) < 4.78 is 5.35. The van der Waals surface area contributed by atoms with Crippen molar-refractivity contribution in [1.82, 2.24) is 4.90 Å². The molecule has 0 radical (unpaired) electrons. The Bertz CT molecular complexity index is 513. The van der Waals surface area contributed by atoms with E-state index in [1.54, 1.807) is 13.2 Å². The lowest BCUT2D eigenvalue weighted by atomic mass is 10.0. The van der Waals surface area contributed by atoms with Gasteiger partial charge in [0, 0.05) is 23.6 Å². The van der Waals surface area contributed by atoms with E-state index in [4.69, 9.17) is 16.3 Å². The molecule has 0 N–H and O–H groups in total. The summed E-state index contributed by atoms with van der Waals surface area (Å²) in [5, 5.41) is 0.560. The second kappa shape index (κ2) is 6.33. The van der Waals surface area contributed by atoms with Crippen molar-refractivity contribution >= 4 is 29.8 Å². The van der Waals surface area contributed by atoms with Gasteiger partial charge < -0.3 is 9.64 Å². The highest BCUT2D eigenvalue weighted by Crippen LogP contribution is 2.38. The molecular formula is C15H19Cl2NO2. The number of halogens is 2. The van der Waals surface area contributed by atoms with Crippen LogP contribution in [-0.2, 0) is 6.42 Å². The zero-order chi connectivity index (χ0) is 13.4. The van der Waals surface area contributed by atoms with Crippen LogP contribution in [0.3, 0.4) is 0 Å². The first-order valence-electron chi connectivity index (χ1n) is 6.82. The lowest BCUT2D eigenvalue weighted by Gasteiger charge is -2.18. The van der Waals surface area contributed by atoms with Crippen molar-refractivity contribution in [2.45, 2.75) is 19.3 Å². The van der Waals surface area contributed by atoms with Crippen LogP contribution in [0.5, 0.6) is 5.75 Å². The molecule has 1 fully saturated rings. The van der Waals surface area contributed by atoms with Crippen LogP contribution >= 0.6 is 24.0 Å². The van der Waals surface area contributed by atoms with Crippen LogP contribution < -0.4 is 4.74 Å². The van der Waals surface area contributed by atoms with Gasteiger partial charge in [0.25, 0.3) is 0 Å². The molecule has 0 saturated carbocycles. The van der Waals surface area contributed by atoms with Crippen LogP contribution in [0.4, 0.5) is 0 Å². The number of benzene rings is 1. The zero-order valence-electron chi connectivity index (χ0n) is 11.5. The van der Waals surface area contributed by atoms with Gasteiger partial charge in [0.2, 0.25) is 0 Å². The van der Waals surface area contributed by atoms with Gasteiger partial charge in [-0.25, -0.2) is 0 Å². The van der Waals surface area contributed by atoms with Crippen LogP contribution in [-0.4, -0.2) is 37.4 Å². The second-order valence-corrected chi connectivity index (χ2v) is 5.78. The van der Waals surface area contributed by atoms with Crippen LogP contribution in [0.15, 0.2) is 12.1 Å². The molecule has 1 aliphatic heterocycles. The number of rotatable bonds is 3. The number of ketones is 1. The number of fused-ring (bicyclic) bond motifs is 1. The van der Waals surface area contributed by atoms with Crippen molar-refractivity contribution in [2.24, 2.45) is 5.92 Å². The molecule has 2 aliphatic rings. The Balaban J connectivity index is 0.00000147. The molecule has 1 unspecified atom stereocenters. The first-order chi connectivity index (χ1) is 9.20. The monoisotopic (exact) mass is 315 g/mol. The molecule has 20 heavy (non-hydrogen) atoms. The molecule has 1 heterocycles. The maximum absolute atomic E-state index is 12.5. The fraction of sp³-hybridized carbons (Fsp3) is 0.533. The molecule has 110 valence electrons. The minimum Gasteiger partial charge on any atom is -0.496 e. The molecule has 5 heteroatoms. The van der Waals surface area contributed by atoms with Crippen molar-refractivity contribution in [3.8, 4) is 5.75 Å². The van der Waals surface area contributed by atoms with Gasteiger partial charge in [0.15, 0.2) is 5.78 Å². The van der Waals surface area contributed by atoms with Crippen LogP contribution in [0.1, 0.15) is 28.8 Å². The number of hydrogen-bond donors (Lipinski definition) is 0. The van der Waals surface area contributed by atoms with Crippen LogP contribution in [0.2, 0.25) is 5.02 Å². The molecule has 1 saturated heterocycles. The molecule has 0 amide bonds. The van der Waals surface area contributed by atoms with E-state index >= 15 is 0 Å². The quantitative estimate of drug-likeness (QED) is 0.857. The lowest BCUT2D eigenvalue weighted by molar-refractivity contribution is 0.0909. The first-order valence-corrected chi connectivity index (χ1v) is 7.20. The largest absolute Gasteiger partial charge is 0.496 e. The van der Waals surface area contributed by atoms with Crippen molar-refractivity contribution in [3.63, 3.8) is 0 Å². The highest BCUT2D eigenvalue weighted by molar-refractivity contribution is 6.34. The van der Waals surface area contributed by atoms with Crippen molar-refractivity contribution in [1.29, 1.82) is 0 Å². The Hall–Kier alpha value is -0.770. The Labute approximate surface area is 130 Å². The standard InChI is InChI=1S/C15H18ClNO2.ClH/c1-19-13-5-4-12(16)14-11(13)8-10(15(14)18)9-17-6-2-3-7-17;/h4-5,10H,2-3,6-9H2,1H3;1H. The summed E-state index contributed by atoms with van der Waals surface area (Å²) in [5.74, 6) is 1.02. The molecule has 0 spiro atoms. The van der Waals surface area contributed by atoms with Crippen molar-refractivity contribution < 1.29 is 9.53 Å². The Kier molecular flexibility index (Phi) is 4.95. The van der Waals surface area contributed by atoms with E-state index in [1.165, 1.54) is 12.8 Å². The van der Waals surface area contributed by atoms with E-state index in [0.717, 1.165) is 37.4 Å². The normalized spacial score (nSPS) is 21.7. The summed E-state index contributed by atoms with van der Waals surface area (Å²) >= 11 is 6.19. The third-order valence-corrected chi connectivity index (χ3v) is 4.50. The average Bonchev–Trinajstić information content (AvgIpc) is 3.01. The van der Waals surface area contributed by atoms with Gasteiger partial charge >= 0.3 is 0 Å². The Morgan fingerprint density at radius 3 is 2.70 bits per heavy atom. The first kappa shape index (κ1) is 15.6. The number of carbonyl (C=O) groups is 1. The molecule has 1 aromatic rings. The number of methoxy groups -OCH3 is 1. The third-order valence-electron chi connectivity index (χ3n) is 4.18. The molecule has 0 aromatic heterocycles. The number of likely N-dealkylation sites (tertiary alicyclic amines) is 1. The summed E-state index contributed by atoms with van der Waals surface area (Å²) in [6.45, 7) is 3.09. The molecule has 3 rings (SSSR count). The summed E-state index contributed by atoms with van der Waals surface area (Å²) in [7, 11) is 1.64. The van der Waals surface area contributed by atoms with E-state index < -0.39 is 0 Å². The number of Topliss-reactive ketones (excluding diaryl/α,β-unsaturated/α-hetero) is 1. The van der Waals surface area contributed by atoms with Gasteiger partial charge in [-0.05, 0) is 44.5 Å². The Morgan fingerprint density at radius 1 is 1.35 bits per heavy atom. The topological polar surface area (TPSA) is 29.5 Å². The van der Waals surface area contributed by atoms with E-state index in [0.29, 0.717) is 10.6 Å². The molecular weight excluding hydrogens is 297 g/mol. The zero-order valence-corrected chi connectivity index (χ0v) is 13.1. The maximum atomic E-state index is 12.5. The van der Waals surface area contributed by atoms with Crippen LogP contribution in [0, 0.1) is 5.92 Å². The predicted molar refractivity (Wildman–Crippen MR) is 82.5 cm³/mol. The SMILES string of the molecule is COc1ccc(Cl)c2c1CC(CN1CCCC1)C2=O.Cl. The van der Waals surface area contributed by atoms with Gasteiger partial charge in [-0.3, -0.25) is 4.79 Å². The number of hydrogen-bond acceptors (Lipinski definition) is 3. The summed E-state index contributed by atoms with van der Waals surface area (Å²) in [6, 6.07) is 3.61. The maximum Gasteiger partial charge on any atom is 0.169 e. The van der Waals surface area contributed by atoms with Gasteiger partial charge in [0.05, 0.1) is 12.1 Å². The minimum atomic E-state index is 0.